The van der Waals surface area contributed by atoms with Crippen LogP contribution in [0.3, 0.4) is 0 Å². The Bertz CT molecular complexity index is 900. The van der Waals surface area contributed by atoms with Gasteiger partial charge in [-0.05, 0) is 30.3 Å². The zero-order valence-electron chi connectivity index (χ0n) is 15.1. The van der Waals surface area contributed by atoms with Crippen LogP contribution in [0.1, 0.15) is 21.6 Å². The molecule has 0 saturated carbocycles. The molecule has 5 heteroatoms. The highest BCUT2D eigenvalue weighted by atomic mass is 35.5. The number of halogens is 1. The van der Waals surface area contributed by atoms with Crippen LogP contribution in [0.15, 0.2) is 72.9 Å². The lowest BCUT2D eigenvalue weighted by Gasteiger charge is -2.19. The molecule has 0 spiro atoms. The summed E-state index contributed by atoms with van der Waals surface area (Å²) in [7, 11) is 1.79. The van der Waals surface area contributed by atoms with Crippen molar-refractivity contribution in [3.63, 3.8) is 0 Å². The Hall–Kier alpha value is -2.85. The van der Waals surface area contributed by atoms with Crippen LogP contribution >= 0.6 is 11.6 Å². The van der Waals surface area contributed by atoms with E-state index in [9.17, 15) is 4.79 Å². The number of hydrogen-bond acceptors (Lipinski definition) is 3. The van der Waals surface area contributed by atoms with E-state index in [0.717, 1.165) is 11.3 Å². The first-order valence-electron chi connectivity index (χ1n) is 8.76. The summed E-state index contributed by atoms with van der Waals surface area (Å²) in [5.41, 5.74) is 2.37. The van der Waals surface area contributed by atoms with Gasteiger partial charge in [0.25, 0.3) is 5.91 Å². The molecule has 0 saturated heterocycles. The van der Waals surface area contributed by atoms with Gasteiger partial charge in [0.1, 0.15) is 12.4 Å². The number of aromatic nitrogens is 1. The molecule has 1 amide bonds. The maximum Gasteiger partial charge on any atom is 0.257 e. The van der Waals surface area contributed by atoms with Gasteiger partial charge in [0.2, 0.25) is 0 Å². The Labute approximate surface area is 164 Å². The fourth-order valence-corrected chi connectivity index (χ4v) is 2.87. The number of carbonyl (C=O) groups excluding carboxylic acids is 1. The van der Waals surface area contributed by atoms with Crippen LogP contribution < -0.4 is 4.74 Å². The van der Waals surface area contributed by atoms with Crippen molar-refractivity contribution in [1.82, 2.24) is 9.88 Å². The van der Waals surface area contributed by atoms with E-state index in [2.05, 4.69) is 4.98 Å². The molecule has 0 unspecified atom stereocenters. The van der Waals surface area contributed by atoms with Gasteiger partial charge in [-0.3, -0.25) is 9.78 Å². The number of likely N-dealkylation sites (N-methyl/N-ethyl adjacent to an activating group) is 1. The van der Waals surface area contributed by atoms with E-state index in [0.29, 0.717) is 35.9 Å². The van der Waals surface area contributed by atoms with E-state index in [1.807, 2.05) is 54.6 Å². The van der Waals surface area contributed by atoms with E-state index < -0.39 is 0 Å². The summed E-state index contributed by atoms with van der Waals surface area (Å²) in [6.07, 6.45) is 2.46. The number of para-hydroxylation sites is 1. The van der Waals surface area contributed by atoms with Gasteiger partial charge in [0, 0.05) is 42.5 Å². The van der Waals surface area contributed by atoms with Crippen molar-refractivity contribution in [1.29, 1.82) is 0 Å². The Morgan fingerprint density at radius 3 is 2.56 bits per heavy atom. The van der Waals surface area contributed by atoms with Crippen LogP contribution in [0, 0.1) is 0 Å². The van der Waals surface area contributed by atoms with E-state index >= 15 is 0 Å². The first-order chi connectivity index (χ1) is 13.1. The van der Waals surface area contributed by atoms with Crippen molar-refractivity contribution in [3.05, 3.63) is 94.8 Å². The van der Waals surface area contributed by atoms with Crippen molar-refractivity contribution in [2.45, 2.75) is 13.0 Å². The van der Waals surface area contributed by atoms with Crippen molar-refractivity contribution in [2.75, 3.05) is 13.6 Å². The molecule has 0 N–H and O–H groups in total. The van der Waals surface area contributed by atoms with Crippen LogP contribution in [0.25, 0.3) is 0 Å². The third kappa shape index (κ3) is 5.08. The molecule has 0 aliphatic heterocycles. The van der Waals surface area contributed by atoms with Gasteiger partial charge in [0.05, 0.1) is 5.56 Å². The second kappa shape index (κ2) is 9.19. The molecule has 3 rings (SSSR count). The first-order valence-corrected chi connectivity index (χ1v) is 9.13. The molecule has 1 aromatic heterocycles. The molecule has 0 fully saturated rings. The lowest BCUT2D eigenvalue weighted by atomic mass is 10.1. The maximum atomic E-state index is 12.9. The number of nitrogens with zero attached hydrogens (tertiary/aromatic N) is 2. The average Bonchev–Trinajstić information content (AvgIpc) is 2.72. The minimum Gasteiger partial charge on any atom is -0.488 e. The highest BCUT2D eigenvalue weighted by Crippen LogP contribution is 2.23. The summed E-state index contributed by atoms with van der Waals surface area (Å²) >= 11 is 6.18. The Balaban J connectivity index is 1.67. The molecule has 1 heterocycles. The monoisotopic (exact) mass is 380 g/mol. The van der Waals surface area contributed by atoms with Gasteiger partial charge in [-0.15, -0.1) is 0 Å². The van der Waals surface area contributed by atoms with Crippen LogP contribution in [-0.2, 0) is 13.0 Å². The predicted octanol–water partition coefficient (Wildman–Crippen LogP) is 4.63. The first kappa shape index (κ1) is 18.9. The standard InChI is InChI=1S/C22H21ClN2O2/c1-25(15-13-18-9-6-7-14-24-18)22(26)19-10-3-5-12-21(19)27-16-17-8-2-4-11-20(17)23/h2-12,14H,13,15-16H2,1H3. The number of hydrogen-bond donors (Lipinski definition) is 0. The topological polar surface area (TPSA) is 42.4 Å². The van der Waals surface area contributed by atoms with Crippen LogP contribution in [0.5, 0.6) is 5.75 Å². The van der Waals surface area contributed by atoms with Crippen molar-refractivity contribution >= 4 is 17.5 Å². The maximum absolute atomic E-state index is 12.9. The molecule has 0 bridgehead atoms. The highest BCUT2D eigenvalue weighted by molar-refractivity contribution is 6.31. The number of carbonyl (C=O) groups is 1. The fraction of sp³-hybridized carbons (Fsp3) is 0.182. The third-order valence-corrected chi connectivity index (χ3v) is 4.60. The SMILES string of the molecule is CN(CCc1ccccn1)C(=O)c1ccccc1OCc1ccccc1Cl. The molecule has 3 aromatic rings. The Kier molecular flexibility index (Phi) is 6.44. The highest BCUT2D eigenvalue weighted by Gasteiger charge is 2.17. The molecular formula is C22H21ClN2O2. The number of rotatable bonds is 7. The average molecular weight is 381 g/mol. The van der Waals surface area contributed by atoms with E-state index in [1.165, 1.54) is 0 Å². The third-order valence-electron chi connectivity index (χ3n) is 4.23. The molecule has 2 aromatic carbocycles. The molecule has 0 atom stereocenters. The number of amides is 1. The van der Waals surface area contributed by atoms with Gasteiger partial charge < -0.3 is 9.64 Å². The summed E-state index contributed by atoms with van der Waals surface area (Å²) in [5, 5.41) is 0.647. The van der Waals surface area contributed by atoms with E-state index in [-0.39, 0.29) is 5.91 Å². The zero-order valence-corrected chi connectivity index (χ0v) is 15.9. The van der Waals surface area contributed by atoms with Gasteiger partial charge in [-0.25, -0.2) is 0 Å². The molecule has 138 valence electrons. The lowest BCUT2D eigenvalue weighted by molar-refractivity contribution is 0.0791. The molecule has 27 heavy (non-hydrogen) atoms. The van der Waals surface area contributed by atoms with Crippen molar-refractivity contribution in [3.8, 4) is 5.75 Å². The summed E-state index contributed by atoms with van der Waals surface area (Å²) in [4.78, 5) is 18.8. The summed E-state index contributed by atoms with van der Waals surface area (Å²) < 4.78 is 5.89. The molecule has 0 aliphatic rings. The quantitative estimate of drug-likeness (QED) is 0.600. The second-order valence-corrected chi connectivity index (χ2v) is 6.58. The van der Waals surface area contributed by atoms with Crippen molar-refractivity contribution in [2.24, 2.45) is 0 Å². The minimum atomic E-state index is -0.0827. The number of ether oxygens (including phenoxy) is 1. The predicted molar refractivity (Wildman–Crippen MR) is 107 cm³/mol. The number of pyridine rings is 1. The van der Waals surface area contributed by atoms with Gasteiger partial charge in [0.15, 0.2) is 0 Å². The molecule has 0 radical (unpaired) electrons. The number of benzene rings is 2. The van der Waals surface area contributed by atoms with Crippen LogP contribution in [-0.4, -0.2) is 29.4 Å². The van der Waals surface area contributed by atoms with Crippen LogP contribution in [0.4, 0.5) is 0 Å². The summed E-state index contributed by atoms with van der Waals surface area (Å²) in [6, 6.07) is 20.6. The largest absolute Gasteiger partial charge is 0.488 e. The zero-order chi connectivity index (χ0) is 19.1. The Morgan fingerprint density at radius 1 is 1.04 bits per heavy atom. The normalized spacial score (nSPS) is 10.4. The molecule has 0 aliphatic carbocycles. The van der Waals surface area contributed by atoms with Gasteiger partial charge >= 0.3 is 0 Å². The minimum absolute atomic E-state index is 0.0827. The van der Waals surface area contributed by atoms with Crippen molar-refractivity contribution < 1.29 is 9.53 Å². The van der Waals surface area contributed by atoms with Gasteiger partial charge in [-0.2, -0.15) is 0 Å². The smallest absolute Gasteiger partial charge is 0.257 e. The molecular weight excluding hydrogens is 360 g/mol. The second-order valence-electron chi connectivity index (χ2n) is 6.17. The summed E-state index contributed by atoms with van der Waals surface area (Å²) in [6.45, 7) is 0.885. The summed E-state index contributed by atoms with van der Waals surface area (Å²) in [5.74, 6) is 0.466. The van der Waals surface area contributed by atoms with E-state index in [4.69, 9.17) is 16.3 Å². The molecule has 4 nitrogen and oxygen atoms in total. The van der Waals surface area contributed by atoms with Gasteiger partial charge in [-0.1, -0.05) is 48.0 Å². The fourth-order valence-electron chi connectivity index (χ4n) is 2.68. The Morgan fingerprint density at radius 2 is 1.78 bits per heavy atom. The van der Waals surface area contributed by atoms with E-state index in [1.54, 1.807) is 30.3 Å². The lowest BCUT2D eigenvalue weighted by Crippen LogP contribution is -2.29. The van der Waals surface area contributed by atoms with Crippen LogP contribution in [0.2, 0.25) is 5.02 Å².